The van der Waals surface area contributed by atoms with Crippen LogP contribution < -0.4 is 0 Å². The molecule has 1 fully saturated rings. The number of esters is 1. The van der Waals surface area contributed by atoms with Crippen LogP contribution in [-0.4, -0.2) is 52.8 Å². The van der Waals surface area contributed by atoms with Crippen LogP contribution in [0.4, 0.5) is 4.79 Å². The largest absolute Gasteiger partial charge is 0.480 e. The number of carboxylic acids is 1. The molecule has 0 saturated carbocycles. The number of aliphatic carboxylic acids is 1. The van der Waals surface area contributed by atoms with Crippen LogP contribution in [-0.2, 0) is 19.1 Å². The Balaban J connectivity index is 1.48. The summed E-state index contributed by atoms with van der Waals surface area (Å²) in [5.74, 6) is -2.49. The Morgan fingerprint density at radius 1 is 1.00 bits per heavy atom. The molecule has 0 aromatic heterocycles. The Kier molecular flexibility index (Phi) is 5.67. The van der Waals surface area contributed by atoms with Crippen LogP contribution in [0.25, 0.3) is 11.1 Å². The highest BCUT2D eigenvalue weighted by Crippen LogP contribution is 2.44. The van der Waals surface area contributed by atoms with Crippen molar-refractivity contribution >= 4 is 18.0 Å². The normalized spacial score (nSPS) is 19.9. The Hall–Kier alpha value is -3.35. The summed E-state index contributed by atoms with van der Waals surface area (Å²) >= 11 is 0. The maximum absolute atomic E-state index is 12.9. The molecule has 7 nitrogen and oxygen atoms in total. The number of rotatable bonds is 4. The van der Waals surface area contributed by atoms with E-state index in [2.05, 4.69) is 0 Å². The van der Waals surface area contributed by atoms with Gasteiger partial charge in [-0.2, -0.15) is 0 Å². The predicted octanol–water partition coefficient (Wildman–Crippen LogP) is 4.05. The molecule has 168 valence electrons. The van der Waals surface area contributed by atoms with Crippen molar-refractivity contribution in [2.45, 2.75) is 44.8 Å². The minimum Gasteiger partial charge on any atom is -0.480 e. The second-order valence-electron chi connectivity index (χ2n) is 9.28. The molecule has 2 aromatic carbocycles. The first-order valence-corrected chi connectivity index (χ1v) is 10.7. The highest BCUT2D eigenvalue weighted by atomic mass is 16.6. The molecule has 1 aliphatic heterocycles. The van der Waals surface area contributed by atoms with Gasteiger partial charge >= 0.3 is 18.0 Å². The van der Waals surface area contributed by atoms with Crippen molar-refractivity contribution in [1.82, 2.24) is 4.90 Å². The molecule has 7 heteroatoms. The lowest BCUT2D eigenvalue weighted by Gasteiger charge is -2.23. The minimum atomic E-state index is -1.16. The molecule has 1 heterocycles. The van der Waals surface area contributed by atoms with Gasteiger partial charge in [-0.3, -0.25) is 9.69 Å². The fourth-order valence-electron chi connectivity index (χ4n) is 4.50. The summed E-state index contributed by atoms with van der Waals surface area (Å²) in [6.45, 7) is 5.29. The first-order valence-electron chi connectivity index (χ1n) is 10.7. The average Bonchev–Trinajstić information content (AvgIpc) is 3.32. The van der Waals surface area contributed by atoms with E-state index in [0.717, 1.165) is 27.2 Å². The molecule has 4 rings (SSSR count). The van der Waals surface area contributed by atoms with E-state index in [1.165, 1.54) is 0 Å². The highest BCUT2D eigenvalue weighted by Gasteiger charge is 2.45. The lowest BCUT2D eigenvalue weighted by molar-refractivity contribution is -0.159. The minimum absolute atomic E-state index is 0.00838. The van der Waals surface area contributed by atoms with Crippen molar-refractivity contribution in [3.8, 4) is 11.1 Å². The fraction of sp³-hybridized carbons (Fsp3) is 0.400. The second kappa shape index (κ2) is 8.30. The zero-order valence-corrected chi connectivity index (χ0v) is 18.4. The third kappa shape index (κ3) is 4.20. The molecule has 1 aliphatic carbocycles. The quantitative estimate of drug-likeness (QED) is 0.726. The number of carbonyl (C=O) groups excluding carboxylic acids is 2. The molecule has 1 saturated heterocycles. The third-order valence-electron chi connectivity index (χ3n) is 5.90. The Morgan fingerprint density at radius 3 is 2.09 bits per heavy atom. The van der Waals surface area contributed by atoms with Gasteiger partial charge in [0.25, 0.3) is 0 Å². The molecule has 0 spiro atoms. The Morgan fingerprint density at radius 2 is 1.56 bits per heavy atom. The zero-order chi connectivity index (χ0) is 23.0. The molecular formula is C25H27NO6. The molecule has 1 N–H and O–H groups in total. The van der Waals surface area contributed by atoms with Crippen LogP contribution in [0.2, 0.25) is 0 Å². The number of carbonyl (C=O) groups is 3. The van der Waals surface area contributed by atoms with Crippen molar-refractivity contribution in [3.63, 3.8) is 0 Å². The topological polar surface area (TPSA) is 93.1 Å². The van der Waals surface area contributed by atoms with Gasteiger partial charge in [0, 0.05) is 12.5 Å². The number of ether oxygens (including phenoxy) is 2. The van der Waals surface area contributed by atoms with E-state index in [9.17, 15) is 19.5 Å². The van der Waals surface area contributed by atoms with Gasteiger partial charge < -0.3 is 14.6 Å². The van der Waals surface area contributed by atoms with Gasteiger partial charge in [0.05, 0.1) is 5.92 Å². The van der Waals surface area contributed by atoms with Crippen molar-refractivity contribution < 1.29 is 29.0 Å². The van der Waals surface area contributed by atoms with E-state index in [1.54, 1.807) is 20.8 Å². The lowest BCUT2D eigenvalue weighted by atomic mass is 9.98. The fourth-order valence-corrected chi connectivity index (χ4v) is 4.50. The van der Waals surface area contributed by atoms with Crippen LogP contribution in [0.5, 0.6) is 0 Å². The number of likely N-dealkylation sites (tertiary alicyclic amines) is 1. The molecule has 0 bridgehead atoms. The van der Waals surface area contributed by atoms with E-state index < -0.39 is 35.6 Å². The zero-order valence-electron chi connectivity index (χ0n) is 18.4. The monoisotopic (exact) mass is 437 g/mol. The van der Waals surface area contributed by atoms with Gasteiger partial charge in [-0.15, -0.1) is 0 Å². The van der Waals surface area contributed by atoms with Gasteiger partial charge in [-0.1, -0.05) is 48.5 Å². The van der Waals surface area contributed by atoms with Gasteiger partial charge in [0.15, 0.2) is 0 Å². The summed E-state index contributed by atoms with van der Waals surface area (Å²) in [6, 6.07) is 14.8. The maximum atomic E-state index is 12.9. The standard InChI is InChI=1S/C25H27NO6/c1-25(2,3)32-23(29)15-12-21(22(27)28)26(13-15)24(30)31-14-20-18-10-6-4-8-16(18)17-9-5-7-11-19(17)20/h4-11,15,20-21H,12-14H2,1-3H3,(H,27,28)/t15-,21+/m1/s1. The molecule has 2 atom stereocenters. The van der Waals surface area contributed by atoms with Gasteiger partial charge in [0.2, 0.25) is 0 Å². The van der Waals surface area contributed by atoms with E-state index in [1.807, 2.05) is 48.5 Å². The highest BCUT2D eigenvalue weighted by molar-refractivity contribution is 5.84. The van der Waals surface area contributed by atoms with Crippen LogP contribution >= 0.6 is 0 Å². The first-order chi connectivity index (χ1) is 15.2. The molecular weight excluding hydrogens is 410 g/mol. The van der Waals surface area contributed by atoms with Crippen LogP contribution in [0.15, 0.2) is 48.5 Å². The molecule has 32 heavy (non-hydrogen) atoms. The van der Waals surface area contributed by atoms with Crippen LogP contribution in [0, 0.1) is 5.92 Å². The van der Waals surface area contributed by atoms with E-state index in [0.29, 0.717) is 0 Å². The van der Waals surface area contributed by atoms with Gasteiger partial charge in [-0.25, -0.2) is 9.59 Å². The van der Waals surface area contributed by atoms with Crippen LogP contribution in [0.3, 0.4) is 0 Å². The molecule has 0 unspecified atom stereocenters. The van der Waals surface area contributed by atoms with E-state index in [-0.39, 0.29) is 25.5 Å². The molecule has 2 aromatic rings. The van der Waals surface area contributed by atoms with Crippen LogP contribution in [0.1, 0.15) is 44.2 Å². The van der Waals surface area contributed by atoms with E-state index >= 15 is 0 Å². The Bertz CT molecular complexity index is 1010. The average molecular weight is 437 g/mol. The SMILES string of the molecule is CC(C)(C)OC(=O)[C@@H]1C[C@@H](C(=O)O)N(C(=O)OCC2c3ccccc3-c3ccccc32)C1. The Labute approximate surface area is 186 Å². The predicted molar refractivity (Wildman–Crippen MR) is 117 cm³/mol. The molecule has 1 amide bonds. The second-order valence-corrected chi connectivity index (χ2v) is 9.28. The summed E-state index contributed by atoms with van der Waals surface area (Å²) in [6.07, 6.45) is -0.723. The van der Waals surface area contributed by atoms with Crippen molar-refractivity contribution in [3.05, 3.63) is 59.7 Å². The number of carboxylic acid groups (broad SMARTS) is 1. The number of hydrogen-bond donors (Lipinski definition) is 1. The van der Waals surface area contributed by atoms with Crippen molar-refractivity contribution in [1.29, 1.82) is 0 Å². The molecule has 0 radical (unpaired) electrons. The van der Waals surface area contributed by atoms with Gasteiger partial charge in [0.1, 0.15) is 18.2 Å². The van der Waals surface area contributed by atoms with Gasteiger partial charge in [-0.05, 0) is 49.4 Å². The number of fused-ring (bicyclic) bond motifs is 3. The first kappa shape index (κ1) is 21.9. The summed E-state index contributed by atoms with van der Waals surface area (Å²) < 4.78 is 11.0. The number of nitrogens with zero attached hydrogens (tertiary/aromatic N) is 1. The summed E-state index contributed by atoms with van der Waals surface area (Å²) in [5.41, 5.74) is 3.68. The van der Waals surface area contributed by atoms with E-state index in [4.69, 9.17) is 9.47 Å². The smallest absolute Gasteiger partial charge is 0.410 e. The number of hydrogen-bond acceptors (Lipinski definition) is 5. The third-order valence-corrected chi connectivity index (χ3v) is 5.90. The van der Waals surface area contributed by atoms with Crippen molar-refractivity contribution in [2.75, 3.05) is 13.2 Å². The summed E-state index contributed by atoms with van der Waals surface area (Å²) in [7, 11) is 0. The molecule has 2 aliphatic rings. The number of amides is 1. The lowest BCUT2D eigenvalue weighted by Crippen LogP contribution is -2.41. The number of benzene rings is 2. The van der Waals surface area contributed by atoms with Crippen molar-refractivity contribution in [2.24, 2.45) is 5.92 Å². The summed E-state index contributed by atoms with van der Waals surface area (Å²) in [4.78, 5) is 38.2. The maximum Gasteiger partial charge on any atom is 0.410 e. The summed E-state index contributed by atoms with van der Waals surface area (Å²) in [5, 5.41) is 9.60.